The van der Waals surface area contributed by atoms with Crippen LogP contribution in [0.5, 0.6) is 5.75 Å². The molecular weight excluding hydrogens is 292 g/mol. The van der Waals surface area contributed by atoms with Gasteiger partial charge in [0.1, 0.15) is 11.4 Å². The highest BCUT2D eigenvalue weighted by Gasteiger charge is 2.13. The van der Waals surface area contributed by atoms with Gasteiger partial charge in [-0.05, 0) is 35.4 Å². The second-order valence-corrected chi connectivity index (χ2v) is 5.23. The lowest BCUT2D eigenvalue weighted by Crippen LogP contribution is -1.90. The highest BCUT2D eigenvalue weighted by atomic mass is 16.6. The normalized spacial score (nSPS) is 11.2. The molecule has 0 fully saturated rings. The molecule has 0 saturated carbocycles. The van der Waals surface area contributed by atoms with Gasteiger partial charge in [0.25, 0.3) is 5.69 Å². The van der Waals surface area contributed by atoms with Gasteiger partial charge in [0.2, 0.25) is 0 Å². The molecule has 0 spiro atoms. The molecule has 0 unspecified atom stereocenters. The average molecular weight is 306 g/mol. The van der Waals surface area contributed by atoms with E-state index >= 15 is 0 Å². The molecule has 0 aliphatic rings. The van der Waals surface area contributed by atoms with Crippen molar-refractivity contribution in [3.8, 4) is 5.75 Å². The van der Waals surface area contributed by atoms with Gasteiger partial charge in [-0.25, -0.2) is 4.99 Å². The molecule has 0 amide bonds. The van der Waals surface area contributed by atoms with Gasteiger partial charge in [-0.1, -0.05) is 36.4 Å². The van der Waals surface area contributed by atoms with Crippen molar-refractivity contribution in [2.75, 3.05) is 0 Å². The van der Waals surface area contributed by atoms with Gasteiger partial charge in [0.15, 0.2) is 0 Å². The van der Waals surface area contributed by atoms with Crippen LogP contribution in [0.3, 0.4) is 0 Å². The average Bonchev–Trinajstić information content (AvgIpc) is 2.54. The number of phenols is 1. The Hall–Kier alpha value is -3.21. The number of hydrogen-bond acceptors (Lipinski definition) is 4. The molecule has 0 aromatic heterocycles. The number of nitro benzene ring substituents is 1. The third-order valence-corrected chi connectivity index (χ3v) is 3.61. The van der Waals surface area contributed by atoms with Crippen LogP contribution in [0.1, 0.15) is 11.1 Å². The zero-order valence-electron chi connectivity index (χ0n) is 12.4. The standard InChI is InChI=1S/C18H14N2O3/c1-12-6-8-16(17(10-12)20(22)23)19-11-15-14-5-3-2-4-13(14)7-9-18(15)21/h2-11,21H,1H3. The second kappa shape index (κ2) is 5.88. The third-order valence-electron chi connectivity index (χ3n) is 3.61. The summed E-state index contributed by atoms with van der Waals surface area (Å²) >= 11 is 0. The maximum Gasteiger partial charge on any atom is 0.295 e. The van der Waals surface area contributed by atoms with E-state index in [-0.39, 0.29) is 17.1 Å². The molecule has 3 aromatic carbocycles. The Balaban J connectivity index is 2.11. The summed E-state index contributed by atoms with van der Waals surface area (Å²) in [5.41, 5.74) is 1.54. The van der Waals surface area contributed by atoms with E-state index in [0.717, 1.165) is 16.3 Å². The molecule has 0 radical (unpaired) electrons. The van der Waals surface area contributed by atoms with E-state index in [9.17, 15) is 15.2 Å². The van der Waals surface area contributed by atoms with E-state index in [0.29, 0.717) is 5.56 Å². The number of aromatic hydroxyl groups is 1. The number of nitro groups is 1. The summed E-state index contributed by atoms with van der Waals surface area (Å²) in [6, 6.07) is 15.8. The smallest absolute Gasteiger partial charge is 0.295 e. The molecule has 5 nitrogen and oxygen atoms in total. The van der Waals surface area contributed by atoms with E-state index in [1.807, 2.05) is 30.3 Å². The summed E-state index contributed by atoms with van der Waals surface area (Å²) in [6.45, 7) is 1.79. The lowest BCUT2D eigenvalue weighted by atomic mass is 10.0. The van der Waals surface area contributed by atoms with Crippen molar-refractivity contribution in [3.05, 3.63) is 75.8 Å². The summed E-state index contributed by atoms with van der Waals surface area (Å²) in [4.78, 5) is 14.9. The Bertz CT molecular complexity index is 933. The number of nitrogens with zero attached hydrogens (tertiary/aromatic N) is 2. The molecule has 3 aromatic rings. The molecule has 114 valence electrons. The third kappa shape index (κ3) is 2.89. The highest BCUT2D eigenvalue weighted by molar-refractivity contribution is 6.03. The van der Waals surface area contributed by atoms with Crippen molar-refractivity contribution >= 4 is 28.4 Å². The lowest BCUT2D eigenvalue weighted by Gasteiger charge is -2.05. The Morgan fingerprint density at radius 3 is 2.70 bits per heavy atom. The Kier molecular flexibility index (Phi) is 3.76. The molecule has 0 saturated heterocycles. The summed E-state index contributed by atoms with van der Waals surface area (Å²) in [6.07, 6.45) is 1.47. The minimum Gasteiger partial charge on any atom is -0.507 e. The van der Waals surface area contributed by atoms with Crippen molar-refractivity contribution in [3.63, 3.8) is 0 Å². The monoisotopic (exact) mass is 306 g/mol. The fourth-order valence-corrected chi connectivity index (χ4v) is 2.44. The van der Waals surface area contributed by atoms with Crippen molar-refractivity contribution in [1.82, 2.24) is 0 Å². The summed E-state index contributed by atoms with van der Waals surface area (Å²) in [5.74, 6) is 0.0854. The molecule has 1 N–H and O–H groups in total. The van der Waals surface area contributed by atoms with Gasteiger partial charge in [0, 0.05) is 17.8 Å². The van der Waals surface area contributed by atoms with Crippen LogP contribution in [-0.2, 0) is 0 Å². The van der Waals surface area contributed by atoms with Gasteiger partial charge in [-0.15, -0.1) is 0 Å². The molecule has 0 atom stereocenters. The molecular formula is C18H14N2O3. The van der Waals surface area contributed by atoms with Crippen LogP contribution in [0.25, 0.3) is 10.8 Å². The molecule has 0 bridgehead atoms. The molecule has 5 heteroatoms. The second-order valence-electron chi connectivity index (χ2n) is 5.23. The minimum absolute atomic E-state index is 0.0547. The maximum absolute atomic E-state index is 11.1. The van der Waals surface area contributed by atoms with E-state index in [1.165, 1.54) is 12.3 Å². The van der Waals surface area contributed by atoms with Gasteiger partial charge >= 0.3 is 0 Å². The minimum atomic E-state index is -0.456. The van der Waals surface area contributed by atoms with Gasteiger partial charge in [-0.2, -0.15) is 0 Å². The molecule has 0 heterocycles. The number of phenolic OH excluding ortho intramolecular Hbond substituents is 1. The van der Waals surface area contributed by atoms with Gasteiger partial charge < -0.3 is 5.11 Å². The SMILES string of the molecule is Cc1ccc(N=Cc2c(O)ccc3ccccc23)c([N+](=O)[O-])c1. The quantitative estimate of drug-likeness (QED) is 0.439. The van der Waals surface area contributed by atoms with Crippen LogP contribution < -0.4 is 0 Å². The molecule has 0 aliphatic heterocycles. The predicted octanol–water partition coefficient (Wildman–Crippen LogP) is 4.51. The van der Waals surface area contributed by atoms with Crippen LogP contribution in [0.15, 0.2) is 59.6 Å². The van der Waals surface area contributed by atoms with Crippen molar-refractivity contribution in [1.29, 1.82) is 0 Å². The Morgan fingerprint density at radius 2 is 1.91 bits per heavy atom. The van der Waals surface area contributed by atoms with E-state index < -0.39 is 4.92 Å². The Labute approximate surface area is 132 Å². The Morgan fingerprint density at radius 1 is 1.13 bits per heavy atom. The fourth-order valence-electron chi connectivity index (χ4n) is 2.44. The van der Waals surface area contributed by atoms with Crippen LogP contribution in [-0.4, -0.2) is 16.2 Å². The first kappa shape index (κ1) is 14.7. The summed E-state index contributed by atoms with van der Waals surface area (Å²) < 4.78 is 0. The maximum atomic E-state index is 11.1. The van der Waals surface area contributed by atoms with Crippen LogP contribution in [0.2, 0.25) is 0 Å². The van der Waals surface area contributed by atoms with E-state index in [4.69, 9.17) is 0 Å². The van der Waals surface area contributed by atoms with Crippen LogP contribution in [0, 0.1) is 17.0 Å². The number of aryl methyl sites for hydroxylation is 1. The number of aliphatic imine (C=N–C) groups is 1. The van der Waals surface area contributed by atoms with Crippen molar-refractivity contribution in [2.24, 2.45) is 4.99 Å². The zero-order valence-corrected chi connectivity index (χ0v) is 12.4. The number of benzene rings is 3. The molecule has 3 rings (SSSR count). The fraction of sp³-hybridized carbons (Fsp3) is 0.0556. The first-order chi connectivity index (χ1) is 11.1. The lowest BCUT2D eigenvalue weighted by molar-refractivity contribution is -0.384. The summed E-state index contributed by atoms with van der Waals surface area (Å²) in [7, 11) is 0. The first-order valence-corrected chi connectivity index (χ1v) is 7.06. The van der Waals surface area contributed by atoms with Crippen LogP contribution in [0.4, 0.5) is 11.4 Å². The predicted molar refractivity (Wildman–Crippen MR) is 90.7 cm³/mol. The number of rotatable bonds is 3. The topological polar surface area (TPSA) is 75.7 Å². The zero-order chi connectivity index (χ0) is 16.4. The van der Waals surface area contributed by atoms with Gasteiger partial charge in [-0.3, -0.25) is 10.1 Å². The van der Waals surface area contributed by atoms with Crippen molar-refractivity contribution in [2.45, 2.75) is 6.92 Å². The van der Waals surface area contributed by atoms with E-state index in [2.05, 4.69) is 4.99 Å². The number of fused-ring (bicyclic) bond motifs is 1. The van der Waals surface area contributed by atoms with Crippen LogP contribution >= 0.6 is 0 Å². The number of hydrogen-bond donors (Lipinski definition) is 1. The highest BCUT2D eigenvalue weighted by Crippen LogP contribution is 2.30. The molecule has 0 aliphatic carbocycles. The first-order valence-electron chi connectivity index (χ1n) is 7.06. The van der Waals surface area contributed by atoms with Gasteiger partial charge in [0.05, 0.1) is 4.92 Å². The largest absolute Gasteiger partial charge is 0.507 e. The summed E-state index contributed by atoms with van der Waals surface area (Å²) in [5, 5.41) is 23.0. The van der Waals surface area contributed by atoms with Crippen molar-refractivity contribution < 1.29 is 10.0 Å². The molecule has 23 heavy (non-hydrogen) atoms. The van der Waals surface area contributed by atoms with E-state index in [1.54, 1.807) is 25.1 Å².